The van der Waals surface area contributed by atoms with Crippen LogP contribution in [0.25, 0.3) is 0 Å². The third-order valence-corrected chi connectivity index (χ3v) is 5.36. The predicted octanol–water partition coefficient (Wildman–Crippen LogP) is -0.931. The molecule has 0 unspecified atom stereocenters. The number of rotatable bonds is 6. The highest BCUT2D eigenvalue weighted by atomic mass is 32.3. The summed E-state index contributed by atoms with van der Waals surface area (Å²) < 4.78 is 46.6. The van der Waals surface area contributed by atoms with Gasteiger partial charge >= 0.3 is 0 Å². The average Bonchev–Trinajstić information content (AvgIpc) is 1.74. The molecule has 0 saturated carbocycles. The van der Waals surface area contributed by atoms with E-state index in [1.165, 1.54) is 0 Å². The number of nitrogens with one attached hydrogen (secondary N) is 1. The van der Waals surface area contributed by atoms with Gasteiger partial charge < -0.3 is 5.11 Å². The lowest BCUT2D eigenvalue weighted by Gasteiger charge is -2.24. The van der Waals surface area contributed by atoms with Crippen molar-refractivity contribution in [3.63, 3.8) is 0 Å². The smallest absolute Gasteiger partial charge is 0.226 e. The summed E-state index contributed by atoms with van der Waals surface area (Å²) in [4.78, 5) is 0. The normalized spacial score (nSPS) is 14.1. The van der Waals surface area contributed by atoms with Crippen LogP contribution in [0, 0.1) is 0 Å². The van der Waals surface area contributed by atoms with Crippen LogP contribution < -0.4 is 4.72 Å². The molecule has 0 aliphatic carbocycles. The van der Waals surface area contributed by atoms with Gasteiger partial charge in [0.25, 0.3) is 0 Å². The quantitative estimate of drug-likeness (QED) is 0.642. The molecule has 0 atom stereocenters. The summed E-state index contributed by atoms with van der Waals surface area (Å²) in [7, 11) is -7.45. The van der Waals surface area contributed by atoms with E-state index in [-0.39, 0.29) is 13.0 Å². The minimum absolute atomic E-state index is 0.172. The fourth-order valence-corrected chi connectivity index (χ4v) is 4.50. The zero-order valence-corrected chi connectivity index (χ0v) is 10.7. The van der Waals surface area contributed by atoms with E-state index >= 15 is 0 Å². The van der Waals surface area contributed by atoms with Crippen LogP contribution >= 0.6 is 0 Å². The van der Waals surface area contributed by atoms with Gasteiger partial charge in [-0.1, -0.05) is 0 Å². The zero-order chi connectivity index (χ0) is 12.3. The first-order valence-corrected chi connectivity index (χ1v) is 7.99. The molecular formula is C7H17NO5S2. The van der Waals surface area contributed by atoms with E-state index in [0.717, 1.165) is 6.26 Å². The SMILES string of the molecule is CC(C)(CCO)NS(=O)(=O)CS(C)(=O)=O. The Labute approximate surface area is 90.7 Å². The molecule has 0 amide bonds. The maximum atomic E-state index is 11.4. The summed E-state index contributed by atoms with van der Waals surface area (Å²) >= 11 is 0. The van der Waals surface area contributed by atoms with Gasteiger partial charge in [-0.15, -0.1) is 0 Å². The average molecular weight is 259 g/mol. The van der Waals surface area contributed by atoms with Crippen LogP contribution in [-0.2, 0) is 19.9 Å². The largest absolute Gasteiger partial charge is 0.396 e. The van der Waals surface area contributed by atoms with Gasteiger partial charge in [0.15, 0.2) is 14.9 Å². The van der Waals surface area contributed by atoms with Gasteiger partial charge in [0.2, 0.25) is 10.0 Å². The van der Waals surface area contributed by atoms with E-state index < -0.39 is 30.5 Å². The maximum absolute atomic E-state index is 11.4. The molecule has 0 aromatic carbocycles. The molecule has 2 N–H and O–H groups in total. The Morgan fingerprint density at radius 3 is 2.00 bits per heavy atom. The molecule has 0 aliphatic rings. The molecule has 0 bridgehead atoms. The van der Waals surface area contributed by atoms with Crippen LogP contribution in [0.2, 0.25) is 0 Å². The van der Waals surface area contributed by atoms with Gasteiger partial charge in [0.1, 0.15) is 0 Å². The molecule has 0 saturated heterocycles. The molecule has 0 fully saturated rings. The topological polar surface area (TPSA) is 101 Å². The van der Waals surface area contributed by atoms with Gasteiger partial charge in [0, 0.05) is 18.4 Å². The van der Waals surface area contributed by atoms with E-state index in [0.29, 0.717) is 0 Å². The third-order valence-electron chi connectivity index (χ3n) is 1.54. The van der Waals surface area contributed by atoms with Gasteiger partial charge in [-0.05, 0) is 20.3 Å². The van der Waals surface area contributed by atoms with Crippen molar-refractivity contribution in [2.75, 3.05) is 17.9 Å². The number of sulfonamides is 1. The van der Waals surface area contributed by atoms with E-state index in [1.807, 2.05) is 0 Å². The maximum Gasteiger partial charge on any atom is 0.226 e. The summed E-state index contributed by atoms with van der Waals surface area (Å²) in [5, 5.41) is 7.74. The highest BCUT2D eigenvalue weighted by Crippen LogP contribution is 2.10. The second-order valence-electron chi connectivity index (χ2n) is 4.12. The van der Waals surface area contributed by atoms with Crippen molar-refractivity contribution in [1.82, 2.24) is 4.72 Å². The number of sulfone groups is 1. The first-order valence-electron chi connectivity index (χ1n) is 4.28. The van der Waals surface area contributed by atoms with Gasteiger partial charge in [0.05, 0.1) is 0 Å². The fourth-order valence-electron chi connectivity index (χ4n) is 1.06. The third kappa shape index (κ3) is 7.71. The van der Waals surface area contributed by atoms with Crippen molar-refractivity contribution in [2.24, 2.45) is 0 Å². The molecule has 6 nitrogen and oxygen atoms in total. The van der Waals surface area contributed by atoms with Crippen LogP contribution in [0.3, 0.4) is 0 Å². The molecule has 0 radical (unpaired) electrons. The Morgan fingerprint density at radius 1 is 1.20 bits per heavy atom. The van der Waals surface area contributed by atoms with Crippen LogP contribution in [0.15, 0.2) is 0 Å². The Balaban J connectivity index is 4.66. The molecule has 0 rings (SSSR count). The van der Waals surface area contributed by atoms with E-state index in [2.05, 4.69) is 4.72 Å². The number of aliphatic hydroxyl groups excluding tert-OH is 1. The van der Waals surface area contributed by atoms with Crippen molar-refractivity contribution in [1.29, 1.82) is 0 Å². The second-order valence-corrected chi connectivity index (χ2v) is 8.35. The summed E-state index contributed by atoms with van der Waals surface area (Å²) in [6.45, 7) is 2.97. The van der Waals surface area contributed by atoms with Crippen LogP contribution in [0.1, 0.15) is 20.3 Å². The van der Waals surface area contributed by atoms with Crippen molar-refractivity contribution in [2.45, 2.75) is 25.8 Å². The molecule has 0 heterocycles. The highest BCUT2D eigenvalue weighted by molar-refractivity contribution is 8.06. The molecule has 0 spiro atoms. The monoisotopic (exact) mass is 259 g/mol. The lowest BCUT2D eigenvalue weighted by atomic mass is 10.0. The van der Waals surface area contributed by atoms with Crippen molar-refractivity contribution in [3.8, 4) is 0 Å². The van der Waals surface area contributed by atoms with Crippen LogP contribution in [0.4, 0.5) is 0 Å². The molecular weight excluding hydrogens is 242 g/mol. The Hall–Kier alpha value is -0.180. The van der Waals surface area contributed by atoms with Gasteiger partial charge in [-0.3, -0.25) is 0 Å². The van der Waals surface area contributed by atoms with E-state index in [9.17, 15) is 16.8 Å². The first-order chi connectivity index (χ1) is 6.47. The van der Waals surface area contributed by atoms with Gasteiger partial charge in [-0.25, -0.2) is 21.6 Å². The summed E-state index contributed by atoms with van der Waals surface area (Å²) in [6, 6.07) is 0. The lowest BCUT2D eigenvalue weighted by molar-refractivity contribution is 0.246. The zero-order valence-electron chi connectivity index (χ0n) is 9.02. The minimum Gasteiger partial charge on any atom is -0.396 e. The summed E-state index contributed by atoms with van der Waals surface area (Å²) in [6.07, 6.45) is 1.07. The van der Waals surface area contributed by atoms with Crippen LogP contribution in [-0.4, -0.2) is 45.4 Å². The molecule has 92 valence electrons. The predicted molar refractivity (Wildman–Crippen MR) is 57.5 cm³/mol. The second kappa shape index (κ2) is 4.77. The fraction of sp³-hybridized carbons (Fsp3) is 1.00. The summed E-state index contributed by atoms with van der Waals surface area (Å²) in [5.74, 6) is 0. The van der Waals surface area contributed by atoms with E-state index in [1.54, 1.807) is 13.8 Å². The molecule has 8 heteroatoms. The lowest BCUT2D eigenvalue weighted by Crippen LogP contribution is -2.45. The number of hydrogen-bond donors (Lipinski definition) is 2. The Bertz CT molecular complexity index is 395. The molecule has 15 heavy (non-hydrogen) atoms. The molecule has 0 aliphatic heterocycles. The van der Waals surface area contributed by atoms with E-state index in [4.69, 9.17) is 5.11 Å². The van der Waals surface area contributed by atoms with Crippen molar-refractivity contribution >= 4 is 19.9 Å². The highest BCUT2D eigenvalue weighted by Gasteiger charge is 2.26. The molecule has 0 aromatic rings. The number of aliphatic hydroxyl groups is 1. The van der Waals surface area contributed by atoms with Crippen molar-refractivity contribution < 1.29 is 21.9 Å². The Kier molecular flexibility index (Phi) is 4.71. The summed E-state index contributed by atoms with van der Waals surface area (Å²) in [5.41, 5.74) is -0.849. The Morgan fingerprint density at radius 2 is 1.67 bits per heavy atom. The molecule has 0 aromatic heterocycles. The van der Waals surface area contributed by atoms with Crippen molar-refractivity contribution in [3.05, 3.63) is 0 Å². The standard InChI is InChI=1S/C7H17NO5S2/c1-7(2,4-5-9)8-15(12,13)6-14(3,10)11/h8-9H,4-6H2,1-3H3. The first kappa shape index (κ1) is 14.8. The van der Waals surface area contributed by atoms with Crippen LogP contribution in [0.5, 0.6) is 0 Å². The minimum atomic E-state index is -3.87. The number of hydrogen-bond acceptors (Lipinski definition) is 5. The van der Waals surface area contributed by atoms with Gasteiger partial charge in [-0.2, -0.15) is 0 Å².